The summed E-state index contributed by atoms with van der Waals surface area (Å²) in [5.74, 6) is 0.158. The maximum Gasteiger partial charge on any atom is 0.219 e. The monoisotopic (exact) mass is 260 g/mol. The second kappa shape index (κ2) is 7.29. The Hall–Kier alpha value is -1.35. The van der Waals surface area contributed by atoms with Gasteiger partial charge in [-0.2, -0.15) is 0 Å². The SMILES string of the molecule is CCC(=O)NCC1CCCCN1Cc1ccccc1. The maximum atomic E-state index is 11.4. The summed E-state index contributed by atoms with van der Waals surface area (Å²) < 4.78 is 0. The quantitative estimate of drug-likeness (QED) is 0.882. The molecule has 1 unspecified atom stereocenters. The predicted molar refractivity (Wildman–Crippen MR) is 77.8 cm³/mol. The first-order chi connectivity index (χ1) is 9.29. The minimum absolute atomic E-state index is 0.158. The van der Waals surface area contributed by atoms with Crippen molar-refractivity contribution in [1.82, 2.24) is 10.2 Å². The van der Waals surface area contributed by atoms with Crippen molar-refractivity contribution in [3.05, 3.63) is 35.9 Å². The second-order valence-electron chi connectivity index (χ2n) is 5.26. The van der Waals surface area contributed by atoms with Gasteiger partial charge in [0.1, 0.15) is 0 Å². The van der Waals surface area contributed by atoms with Crippen molar-refractivity contribution in [2.75, 3.05) is 13.1 Å². The topological polar surface area (TPSA) is 32.3 Å². The largest absolute Gasteiger partial charge is 0.355 e. The third kappa shape index (κ3) is 4.35. The fraction of sp³-hybridized carbons (Fsp3) is 0.562. The van der Waals surface area contributed by atoms with Crippen LogP contribution in [0, 0.1) is 0 Å². The van der Waals surface area contributed by atoms with Gasteiger partial charge >= 0.3 is 0 Å². The van der Waals surface area contributed by atoms with E-state index in [1.165, 1.54) is 24.8 Å². The van der Waals surface area contributed by atoms with Crippen LogP contribution in [0.3, 0.4) is 0 Å². The van der Waals surface area contributed by atoms with Crippen LogP contribution in [0.2, 0.25) is 0 Å². The Morgan fingerprint density at radius 1 is 1.32 bits per heavy atom. The second-order valence-corrected chi connectivity index (χ2v) is 5.26. The molecule has 1 saturated heterocycles. The van der Waals surface area contributed by atoms with E-state index in [1.807, 2.05) is 6.92 Å². The molecule has 3 nitrogen and oxygen atoms in total. The Bertz CT molecular complexity index is 391. The number of hydrogen-bond acceptors (Lipinski definition) is 2. The number of nitrogens with zero attached hydrogens (tertiary/aromatic N) is 1. The van der Waals surface area contributed by atoms with E-state index in [-0.39, 0.29) is 5.91 Å². The summed E-state index contributed by atoms with van der Waals surface area (Å²) >= 11 is 0. The van der Waals surface area contributed by atoms with Crippen molar-refractivity contribution in [3.8, 4) is 0 Å². The molecule has 1 heterocycles. The van der Waals surface area contributed by atoms with E-state index in [2.05, 4.69) is 40.5 Å². The molecule has 3 heteroatoms. The molecular weight excluding hydrogens is 236 g/mol. The number of nitrogens with one attached hydrogen (secondary N) is 1. The van der Waals surface area contributed by atoms with Crippen molar-refractivity contribution in [2.24, 2.45) is 0 Å². The van der Waals surface area contributed by atoms with Gasteiger partial charge in [-0.25, -0.2) is 0 Å². The fourth-order valence-corrected chi connectivity index (χ4v) is 2.67. The Balaban J connectivity index is 1.90. The minimum Gasteiger partial charge on any atom is -0.355 e. The summed E-state index contributed by atoms with van der Waals surface area (Å²) in [7, 11) is 0. The van der Waals surface area contributed by atoms with E-state index < -0.39 is 0 Å². The van der Waals surface area contributed by atoms with Crippen molar-refractivity contribution < 1.29 is 4.79 Å². The molecule has 0 aliphatic carbocycles. The molecule has 0 radical (unpaired) electrons. The summed E-state index contributed by atoms with van der Waals surface area (Å²) in [6.07, 6.45) is 4.31. The number of rotatable bonds is 5. The smallest absolute Gasteiger partial charge is 0.219 e. The van der Waals surface area contributed by atoms with Gasteiger partial charge in [0.05, 0.1) is 0 Å². The molecule has 104 valence electrons. The van der Waals surface area contributed by atoms with Crippen LogP contribution in [0.1, 0.15) is 38.2 Å². The fourth-order valence-electron chi connectivity index (χ4n) is 2.67. The first-order valence-electron chi connectivity index (χ1n) is 7.34. The third-order valence-electron chi connectivity index (χ3n) is 3.83. The van der Waals surface area contributed by atoms with Gasteiger partial charge < -0.3 is 5.32 Å². The summed E-state index contributed by atoms with van der Waals surface area (Å²) in [6, 6.07) is 11.1. The first-order valence-corrected chi connectivity index (χ1v) is 7.34. The molecule has 1 N–H and O–H groups in total. The third-order valence-corrected chi connectivity index (χ3v) is 3.83. The number of carbonyl (C=O) groups excluding carboxylic acids is 1. The lowest BCUT2D eigenvalue weighted by Crippen LogP contribution is -2.46. The van der Waals surface area contributed by atoms with Crippen LogP contribution in [-0.2, 0) is 11.3 Å². The zero-order chi connectivity index (χ0) is 13.5. The first kappa shape index (κ1) is 14.1. The van der Waals surface area contributed by atoms with E-state index in [0.717, 1.165) is 19.6 Å². The van der Waals surface area contributed by atoms with Crippen molar-refractivity contribution in [3.63, 3.8) is 0 Å². The van der Waals surface area contributed by atoms with Gasteiger partial charge in [-0.05, 0) is 24.9 Å². The molecular formula is C16H24N2O. The van der Waals surface area contributed by atoms with Crippen molar-refractivity contribution in [2.45, 2.75) is 45.2 Å². The summed E-state index contributed by atoms with van der Waals surface area (Å²) in [4.78, 5) is 13.9. The maximum absolute atomic E-state index is 11.4. The molecule has 1 aromatic carbocycles. The number of benzene rings is 1. The van der Waals surface area contributed by atoms with Gasteiger partial charge in [-0.15, -0.1) is 0 Å². The zero-order valence-electron chi connectivity index (χ0n) is 11.8. The molecule has 1 aromatic rings. The summed E-state index contributed by atoms with van der Waals surface area (Å²) in [6.45, 7) is 4.83. The van der Waals surface area contributed by atoms with Crippen molar-refractivity contribution in [1.29, 1.82) is 0 Å². The van der Waals surface area contributed by atoms with Gasteiger partial charge in [-0.1, -0.05) is 43.7 Å². The average Bonchev–Trinajstić information content (AvgIpc) is 2.47. The molecule has 2 rings (SSSR count). The van der Waals surface area contributed by atoms with Crippen LogP contribution in [0.4, 0.5) is 0 Å². The highest BCUT2D eigenvalue weighted by Crippen LogP contribution is 2.19. The van der Waals surface area contributed by atoms with Crippen molar-refractivity contribution >= 4 is 5.91 Å². The summed E-state index contributed by atoms with van der Waals surface area (Å²) in [5.41, 5.74) is 1.36. The number of carbonyl (C=O) groups is 1. The van der Waals surface area contributed by atoms with Crippen LogP contribution in [-0.4, -0.2) is 29.9 Å². The van der Waals surface area contributed by atoms with E-state index in [1.54, 1.807) is 0 Å². The Morgan fingerprint density at radius 3 is 2.84 bits per heavy atom. The number of likely N-dealkylation sites (tertiary alicyclic amines) is 1. The van der Waals surface area contributed by atoms with Gasteiger partial charge in [0.2, 0.25) is 5.91 Å². The summed E-state index contributed by atoms with van der Waals surface area (Å²) in [5, 5.41) is 3.04. The van der Waals surface area contributed by atoms with Crippen LogP contribution in [0.5, 0.6) is 0 Å². The lowest BCUT2D eigenvalue weighted by Gasteiger charge is -2.35. The highest BCUT2D eigenvalue weighted by molar-refractivity contribution is 5.75. The van der Waals surface area contributed by atoms with Gasteiger partial charge in [-0.3, -0.25) is 9.69 Å². The normalized spacial score (nSPS) is 20.2. The Kier molecular flexibility index (Phi) is 5.40. The molecule has 0 saturated carbocycles. The molecule has 0 aromatic heterocycles. The van der Waals surface area contributed by atoms with Gasteiger partial charge in [0, 0.05) is 25.6 Å². The van der Waals surface area contributed by atoms with Crippen LogP contribution in [0.25, 0.3) is 0 Å². The standard InChI is InChI=1S/C16H24N2O/c1-2-16(19)17-12-15-10-6-7-11-18(15)13-14-8-4-3-5-9-14/h3-5,8-9,15H,2,6-7,10-13H2,1H3,(H,17,19). The van der Waals surface area contributed by atoms with E-state index in [9.17, 15) is 4.79 Å². The van der Waals surface area contributed by atoms with Crippen LogP contribution in [0.15, 0.2) is 30.3 Å². The Morgan fingerprint density at radius 2 is 2.11 bits per heavy atom. The lowest BCUT2D eigenvalue weighted by atomic mass is 10.0. The number of amides is 1. The molecule has 1 aliphatic heterocycles. The van der Waals surface area contributed by atoms with E-state index >= 15 is 0 Å². The van der Waals surface area contributed by atoms with E-state index in [0.29, 0.717) is 12.5 Å². The van der Waals surface area contributed by atoms with Gasteiger partial charge in [0.15, 0.2) is 0 Å². The molecule has 0 bridgehead atoms. The Labute approximate surface area is 116 Å². The van der Waals surface area contributed by atoms with E-state index in [4.69, 9.17) is 0 Å². The predicted octanol–water partition coefficient (Wildman–Crippen LogP) is 2.57. The molecule has 1 amide bonds. The highest BCUT2D eigenvalue weighted by atomic mass is 16.1. The molecule has 1 aliphatic rings. The van der Waals surface area contributed by atoms with Crippen LogP contribution >= 0.6 is 0 Å². The lowest BCUT2D eigenvalue weighted by molar-refractivity contribution is -0.121. The zero-order valence-corrected chi connectivity index (χ0v) is 11.8. The molecule has 1 atom stereocenters. The van der Waals surface area contributed by atoms with Crippen LogP contribution < -0.4 is 5.32 Å². The molecule has 0 spiro atoms. The highest BCUT2D eigenvalue weighted by Gasteiger charge is 2.22. The number of hydrogen-bond donors (Lipinski definition) is 1. The molecule has 1 fully saturated rings. The number of piperidine rings is 1. The average molecular weight is 260 g/mol. The molecule has 19 heavy (non-hydrogen) atoms. The van der Waals surface area contributed by atoms with Gasteiger partial charge in [0.25, 0.3) is 0 Å². The minimum atomic E-state index is 0.158.